The van der Waals surface area contributed by atoms with Gasteiger partial charge in [-0.1, -0.05) is 17.7 Å². The molecule has 0 unspecified atom stereocenters. The summed E-state index contributed by atoms with van der Waals surface area (Å²) in [5.74, 6) is 0.651. The Labute approximate surface area is 154 Å². The highest BCUT2D eigenvalue weighted by Gasteiger charge is 2.18. The number of carbonyl (C=O) groups excluding carboxylic acids is 1. The van der Waals surface area contributed by atoms with Crippen LogP contribution in [0.2, 0.25) is 5.15 Å². The largest absolute Gasteiger partial charge is 0.494 e. The molecule has 0 aliphatic rings. The molecule has 2 aromatic heterocycles. The Kier molecular flexibility index (Phi) is 4.99. The average molecular weight is 374 g/mol. The summed E-state index contributed by atoms with van der Waals surface area (Å²) in [6.45, 7) is 0. The van der Waals surface area contributed by atoms with Crippen molar-refractivity contribution in [2.24, 2.45) is 7.05 Å². The molecule has 3 aromatic rings. The maximum atomic E-state index is 12.0. The second kappa shape index (κ2) is 7.36. The highest BCUT2D eigenvalue weighted by atomic mass is 35.5. The minimum absolute atomic E-state index is 0.111. The molecule has 134 valence electrons. The normalized spacial score (nSPS) is 10.5. The van der Waals surface area contributed by atoms with Gasteiger partial charge in [-0.25, -0.2) is 4.98 Å². The van der Waals surface area contributed by atoms with Crippen LogP contribution in [0.25, 0.3) is 11.4 Å². The Balaban J connectivity index is 2.06. The molecule has 0 fully saturated rings. The van der Waals surface area contributed by atoms with E-state index < -0.39 is 5.91 Å². The first-order chi connectivity index (χ1) is 12.5. The number of hydrogen-bond donors (Lipinski definition) is 2. The molecule has 0 spiro atoms. The van der Waals surface area contributed by atoms with Crippen molar-refractivity contribution in [3.05, 3.63) is 41.4 Å². The van der Waals surface area contributed by atoms with Crippen molar-refractivity contribution in [2.75, 3.05) is 19.5 Å². The summed E-state index contributed by atoms with van der Waals surface area (Å²) in [5, 5.41) is 17.7. The first-order valence-corrected chi connectivity index (χ1v) is 7.96. The molecule has 0 saturated carbocycles. The lowest BCUT2D eigenvalue weighted by atomic mass is 10.1. The van der Waals surface area contributed by atoms with Gasteiger partial charge in [0.2, 0.25) is 0 Å². The lowest BCUT2D eigenvalue weighted by Gasteiger charge is -2.15. The first kappa shape index (κ1) is 17.6. The monoisotopic (exact) mass is 373 g/mol. The van der Waals surface area contributed by atoms with Crippen LogP contribution in [-0.2, 0) is 7.05 Å². The van der Waals surface area contributed by atoms with E-state index in [4.69, 9.17) is 16.3 Å². The second-order valence-corrected chi connectivity index (χ2v) is 5.65. The van der Waals surface area contributed by atoms with Crippen molar-refractivity contribution in [1.82, 2.24) is 30.3 Å². The molecule has 9 nitrogen and oxygen atoms in total. The van der Waals surface area contributed by atoms with Gasteiger partial charge in [0.25, 0.3) is 5.91 Å². The molecule has 2 N–H and O–H groups in total. The summed E-state index contributed by atoms with van der Waals surface area (Å²) < 4.78 is 7.15. The van der Waals surface area contributed by atoms with Crippen LogP contribution in [0.4, 0.5) is 11.4 Å². The van der Waals surface area contributed by atoms with Gasteiger partial charge in [-0.2, -0.15) is 5.10 Å². The van der Waals surface area contributed by atoms with Crippen molar-refractivity contribution in [3.63, 3.8) is 0 Å². The number of rotatable bonds is 5. The molecule has 0 bridgehead atoms. The minimum atomic E-state index is -0.391. The van der Waals surface area contributed by atoms with Gasteiger partial charge < -0.3 is 15.4 Å². The molecule has 0 saturated heterocycles. The summed E-state index contributed by atoms with van der Waals surface area (Å²) in [6.07, 6.45) is 1.60. The number of aryl methyl sites for hydroxylation is 1. The number of anilines is 2. The Hall–Kier alpha value is -3.20. The number of halogens is 1. The van der Waals surface area contributed by atoms with Gasteiger partial charge in [-0.15, -0.1) is 10.2 Å². The van der Waals surface area contributed by atoms with Crippen molar-refractivity contribution in [1.29, 1.82) is 0 Å². The number of carbonyl (C=O) groups is 1. The van der Waals surface area contributed by atoms with Gasteiger partial charge in [0.1, 0.15) is 6.33 Å². The van der Waals surface area contributed by atoms with Crippen molar-refractivity contribution in [3.8, 4) is 17.1 Å². The molecule has 26 heavy (non-hydrogen) atoms. The maximum absolute atomic E-state index is 12.0. The predicted molar refractivity (Wildman–Crippen MR) is 96.7 cm³/mol. The summed E-state index contributed by atoms with van der Waals surface area (Å²) in [5.41, 5.74) is 1.81. The van der Waals surface area contributed by atoms with E-state index in [0.717, 1.165) is 0 Å². The molecule has 2 heterocycles. The van der Waals surface area contributed by atoms with Crippen LogP contribution in [0.5, 0.6) is 5.75 Å². The topological polar surface area (TPSA) is 107 Å². The molecule has 3 rings (SSSR count). The maximum Gasteiger partial charge on any atom is 0.273 e. The Bertz CT molecular complexity index is 958. The zero-order valence-electron chi connectivity index (χ0n) is 14.3. The van der Waals surface area contributed by atoms with Crippen LogP contribution < -0.4 is 15.4 Å². The van der Waals surface area contributed by atoms with Crippen molar-refractivity contribution < 1.29 is 9.53 Å². The number of nitrogens with zero attached hydrogens (tertiary/aromatic N) is 5. The SMILES string of the molecule is CNC(=O)c1nnc(Cl)cc1Nc1cccc(-c2ncn(C)n2)c1OC. The zero-order valence-corrected chi connectivity index (χ0v) is 15.1. The lowest BCUT2D eigenvalue weighted by Crippen LogP contribution is -2.21. The van der Waals surface area contributed by atoms with E-state index in [1.807, 2.05) is 12.1 Å². The molecule has 0 aliphatic heterocycles. The zero-order chi connectivity index (χ0) is 18.7. The van der Waals surface area contributed by atoms with Gasteiger partial charge in [0, 0.05) is 20.2 Å². The smallest absolute Gasteiger partial charge is 0.273 e. The minimum Gasteiger partial charge on any atom is -0.494 e. The van der Waals surface area contributed by atoms with Gasteiger partial charge in [-0.05, 0) is 12.1 Å². The fourth-order valence-corrected chi connectivity index (χ4v) is 2.54. The van der Waals surface area contributed by atoms with Crippen LogP contribution in [0.3, 0.4) is 0 Å². The van der Waals surface area contributed by atoms with Crippen molar-refractivity contribution in [2.45, 2.75) is 0 Å². The van der Waals surface area contributed by atoms with Crippen LogP contribution >= 0.6 is 11.6 Å². The summed E-state index contributed by atoms with van der Waals surface area (Å²) in [4.78, 5) is 16.3. The highest BCUT2D eigenvalue weighted by molar-refractivity contribution is 6.29. The lowest BCUT2D eigenvalue weighted by molar-refractivity contribution is 0.0958. The van der Waals surface area contributed by atoms with E-state index in [9.17, 15) is 4.79 Å². The molecule has 0 aliphatic carbocycles. The first-order valence-electron chi connectivity index (χ1n) is 7.58. The fourth-order valence-electron chi connectivity index (χ4n) is 2.39. The third kappa shape index (κ3) is 3.42. The van der Waals surface area contributed by atoms with Crippen LogP contribution in [0.1, 0.15) is 10.5 Å². The number of para-hydroxylation sites is 1. The Morgan fingerprint density at radius 3 is 2.73 bits per heavy atom. The number of ether oxygens (including phenoxy) is 1. The number of methoxy groups -OCH3 is 1. The average Bonchev–Trinajstić information content (AvgIpc) is 3.07. The third-order valence-corrected chi connectivity index (χ3v) is 3.72. The Morgan fingerprint density at radius 2 is 2.08 bits per heavy atom. The number of amides is 1. The summed E-state index contributed by atoms with van der Waals surface area (Å²) in [6, 6.07) is 6.99. The van der Waals surface area contributed by atoms with E-state index in [-0.39, 0.29) is 10.8 Å². The van der Waals surface area contributed by atoms with E-state index in [1.165, 1.54) is 13.1 Å². The van der Waals surface area contributed by atoms with E-state index in [2.05, 4.69) is 30.9 Å². The molecule has 1 aromatic carbocycles. The third-order valence-electron chi connectivity index (χ3n) is 3.54. The summed E-state index contributed by atoms with van der Waals surface area (Å²) in [7, 11) is 4.84. The fraction of sp³-hybridized carbons (Fsp3) is 0.188. The summed E-state index contributed by atoms with van der Waals surface area (Å²) >= 11 is 5.94. The van der Waals surface area contributed by atoms with Gasteiger partial charge >= 0.3 is 0 Å². The predicted octanol–water partition coefficient (Wildman–Crippen LogP) is 2.04. The molecule has 10 heteroatoms. The molecule has 0 radical (unpaired) electrons. The van der Waals surface area contributed by atoms with E-state index in [1.54, 1.807) is 31.2 Å². The van der Waals surface area contributed by atoms with Crippen LogP contribution in [0.15, 0.2) is 30.6 Å². The van der Waals surface area contributed by atoms with E-state index in [0.29, 0.717) is 28.5 Å². The quantitative estimate of drug-likeness (QED) is 0.704. The number of nitrogens with one attached hydrogen (secondary N) is 2. The highest BCUT2D eigenvalue weighted by Crippen LogP contribution is 2.36. The molecule has 1 amide bonds. The standard InChI is InChI=1S/C16H16ClN7O2/c1-18-16(25)13-11(7-12(17)21-22-13)20-10-6-4-5-9(14(10)26-3)15-19-8-24(2)23-15/h4-8H,1-3H3,(H,18,25)(H,20,21). The van der Waals surface area contributed by atoms with Gasteiger partial charge in [0.15, 0.2) is 22.4 Å². The molecular weight excluding hydrogens is 358 g/mol. The number of aromatic nitrogens is 5. The van der Waals surface area contributed by atoms with Gasteiger partial charge in [-0.3, -0.25) is 9.48 Å². The van der Waals surface area contributed by atoms with Crippen LogP contribution in [0, 0.1) is 0 Å². The number of hydrogen-bond acceptors (Lipinski definition) is 7. The molecular formula is C16H16ClN7O2. The van der Waals surface area contributed by atoms with Gasteiger partial charge in [0.05, 0.1) is 24.0 Å². The second-order valence-electron chi connectivity index (χ2n) is 5.26. The van der Waals surface area contributed by atoms with Crippen LogP contribution in [-0.4, -0.2) is 45.0 Å². The van der Waals surface area contributed by atoms with E-state index >= 15 is 0 Å². The van der Waals surface area contributed by atoms with Crippen molar-refractivity contribution >= 4 is 28.9 Å². The Morgan fingerprint density at radius 1 is 1.27 bits per heavy atom. The molecule has 0 atom stereocenters. The number of benzene rings is 1.